The van der Waals surface area contributed by atoms with Crippen LogP contribution in [0.5, 0.6) is 0 Å². The maximum Gasteiger partial charge on any atom is 0.350 e. The van der Waals surface area contributed by atoms with Crippen molar-refractivity contribution in [1.82, 2.24) is 19.2 Å². The minimum absolute atomic E-state index is 0.151. The number of fused-ring (bicyclic) bond motifs is 1. The molecule has 1 aromatic carbocycles. The van der Waals surface area contributed by atoms with Crippen LogP contribution in [0.3, 0.4) is 0 Å². The molecular weight excluding hydrogens is 388 g/mol. The molecule has 0 aliphatic carbocycles. The summed E-state index contributed by atoms with van der Waals surface area (Å²) in [5.41, 5.74) is 1.99. The Morgan fingerprint density at radius 3 is 2.83 bits per heavy atom. The normalized spacial score (nSPS) is 14.5. The fourth-order valence-corrected chi connectivity index (χ4v) is 4.25. The average molecular weight is 413 g/mol. The smallest absolute Gasteiger partial charge is 0.350 e. The molecule has 1 aliphatic heterocycles. The molecule has 3 aromatic rings. The molecule has 3 heterocycles. The Labute approximate surface area is 172 Å². The van der Waals surface area contributed by atoms with E-state index in [4.69, 9.17) is 0 Å². The van der Waals surface area contributed by atoms with E-state index in [-0.39, 0.29) is 18.1 Å². The Morgan fingerprint density at radius 2 is 2.07 bits per heavy atom. The van der Waals surface area contributed by atoms with Gasteiger partial charge in [0, 0.05) is 42.7 Å². The Bertz CT molecular complexity index is 1080. The van der Waals surface area contributed by atoms with Crippen LogP contribution in [0.25, 0.3) is 5.65 Å². The predicted molar refractivity (Wildman–Crippen MR) is 116 cm³/mol. The van der Waals surface area contributed by atoms with Crippen molar-refractivity contribution in [2.75, 3.05) is 34.8 Å². The van der Waals surface area contributed by atoms with E-state index in [1.165, 1.54) is 9.08 Å². The van der Waals surface area contributed by atoms with Gasteiger partial charge in [-0.15, -0.1) is 5.10 Å². The van der Waals surface area contributed by atoms with Crippen LogP contribution in [0.2, 0.25) is 0 Å². The summed E-state index contributed by atoms with van der Waals surface area (Å²) < 4.78 is 2.65. The SMILES string of the molecule is CC(C)c1cccc(NC(=O)Cn2nc3c(N4CCSCC4)nccn3c2=O)c1. The highest BCUT2D eigenvalue weighted by atomic mass is 32.2. The van der Waals surface area contributed by atoms with Crippen molar-refractivity contribution < 1.29 is 4.79 Å². The van der Waals surface area contributed by atoms with Crippen molar-refractivity contribution >= 4 is 34.8 Å². The Balaban J connectivity index is 1.56. The van der Waals surface area contributed by atoms with Gasteiger partial charge in [-0.1, -0.05) is 26.0 Å². The second-order valence-corrected chi connectivity index (χ2v) is 8.54. The molecule has 1 fully saturated rings. The number of carbonyl (C=O) groups is 1. The molecule has 4 rings (SSSR count). The molecule has 0 saturated carbocycles. The number of rotatable bonds is 5. The molecule has 0 radical (unpaired) electrons. The lowest BCUT2D eigenvalue weighted by Crippen LogP contribution is -2.33. The lowest BCUT2D eigenvalue weighted by Gasteiger charge is -2.27. The summed E-state index contributed by atoms with van der Waals surface area (Å²) >= 11 is 1.90. The lowest BCUT2D eigenvalue weighted by atomic mass is 10.0. The van der Waals surface area contributed by atoms with Gasteiger partial charge in [-0.2, -0.15) is 11.8 Å². The summed E-state index contributed by atoms with van der Waals surface area (Å²) in [7, 11) is 0. The Kier molecular flexibility index (Phi) is 5.57. The van der Waals surface area contributed by atoms with Gasteiger partial charge in [0.25, 0.3) is 0 Å². The van der Waals surface area contributed by atoms with Crippen LogP contribution in [0.4, 0.5) is 11.5 Å². The van der Waals surface area contributed by atoms with Crippen molar-refractivity contribution in [3.8, 4) is 0 Å². The van der Waals surface area contributed by atoms with E-state index in [0.29, 0.717) is 23.1 Å². The van der Waals surface area contributed by atoms with Crippen LogP contribution in [-0.4, -0.2) is 49.7 Å². The van der Waals surface area contributed by atoms with Gasteiger partial charge < -0.3 is 10.2 Å². The van der Waals surface area contributed by atoms with Crippen molar-refractivity contribution in [3.05, 3.63) is 52.7 Å². The topological polar surface area (TPSA) is 84.5 Å². The summed E-state index contributed by atoms with van der Waals surface area (Å²) in [5.74, 6) is 2.80. The zero-order valence-electron chi connectivity index (χ0n) is 16.5. The van der Waals surface area contributed by atoms with E-state index in [1.54, 1.807) is 12.4 Å². The second kappa shape index (κ2) is 8.28. The van der Waals surface area contributed by atoms with Crippen molar-refractivity contribution in [1.29, 1.82) is 0 Å². The highest BCUT2D eigenvalue weighted by molar-refractivity contribution is 7.99. The van der Waals surface area contributed by atoms with Gasteiger partial charge in [0.2, 0.25) is 11.6 Å². The van der Waals surface area contributed by atoms with Crippen molar-refractivity contribution in [2.45, 2.75) is 26.3 Å². The highest BCUT2D eigenvalue weighted by Crippen LogP contribution is 2.20. The maximum absolute atomic E-state index is 12.7. The van der Waals surface area contributed by atoms with Gasteiger partial charge in [0.15, 0.2) is 5.82 Å². The predicted octanol–water partition coefficient (Wildman–Crippen LogP) is 2.21. The number of nitrogens with one attached hydrogen (secondary N) is 1. The summed E-state index contributed by atoms with van der Waals surface area (Å²) in [6.07, 6.45) is 3.20. The molecule has 2 aromatic heterocycles. The van der Waals surface area contributed by atoms with E-state index >= 15 is 0 Å². The van der Waals surface area contributed by atoms with Crippen molar-refractivity contribution in [3.63, 3.8) is 0 Å². The molecule has 9 heteroatoms. The first kappa shape index (κ1) is 19.5. The van der Waals surface area contributed by atoms with Crippen LogP contribution in [0.15, 0.2) is 41.5 Å². The standard InChI is InChI=1S/C20H24N6O2S/c1-14(2)15-4-3-5-16(12-15)22-17(27)13-26-20(28)25-7-6-21-18(19(25)23-26)24-8-10-29-11-9-24/h3-7,12,14H,8-11,13H2,1-2H3,(H,22,27). The zero-order valence-corrected chi connectivity index (χ0v) is 17.4. The number of anilines is 2. The molecule has 29 heavy (non-hydrogen) atoms. The molecule has 0 atom stereocenters. The molecule has 0 spiro atoms. The fraction of sp³-hybridized carbons (Fsp3) is 0.400. The largest absolute Gasteiger partial charge is 0.352 e. The molecule has 1 aliphatic rings. The fourth-order valence-electron chi connectivity index (χ4n) is 3.35. The number of hydrogen-bond acceptors (Lipinski definition) is 6. The third-order valence-corrected chi connectivity index (χ3v) is 5.87. The molecule has 1 N–H and O–H groups in total. The van der Waals surface area contributed by atoms with Gasteiger partial charge in [0.1, 0.15) is 6.54 Å². The van der Waals surface area contributed by atoms with E-state index in [1.807, 2.05) is 36.0 Å². The summed E-state index contributed by atoms with van der Waals surface area (Å²) in [6.45, 7) is 5.78. The molecule has 152 valence electrons. The van der Waals surface area contributed by atoms with Gasteiger partial charge in [-0.05, 0) is 23.6 Å². The van der Waals surface area contributed by atoms with Crippen LogP contribution >= 0.6 is 11.8 Å². The number of nitrogens with zero attached hydrogens (tertiary/aromatic N) is 5. The number of aromatic nitrogens is 4. The van der Waals surface area contributed by atoms with Gasteiger partial charge in [-0.3, -0.25) is 4.79 Å². The molecule has 1 saturated heterocycles. The van der Waals surface area contributed by atoms with Gasteiger partial charge in [-0.25, -0.2) is 18.9 Å². The van der Waals surface area contributed by atoms with E-state index in [2.05, 4.69) is 34.1 Å². The van der Waals surface area contributed by atoms with E-state index in [0.717, 1.165) is 30.2 Å². The first-order valence-electron chi connectivity index (χ1n) is 9.69. The molecule has 8 nitrogen and oxygen atoms in total. The Morgan fingerprint density at radius 1 is 1.28 bits per heavy atom. The quantitative estimate of drug-likeness (QED) is 0.692. The minimum Gasteiger partial charge on any atom is -0.352 e. The van der Waals surface area contributed by atoms with Gasteiger partial charge >= 0.3 is 5.69 Å². The minimum atomic E-state index is -0.346. The maximum atomic E-state index is 12.7. The van der Waals surface area contributed by atoms with Crippen LogP contribution in [0.1, 0.15) is 25.3 Å². The lowest BCUT2D eigenvalue weighted by molar-refractivity contribution is -0.117. The average Bonchev–Trinajstić information content (AvgIpc) is 3.04. The monoisotopic (exact) mass is 412 g/mol. The first-order chi connectivity index (χ1) is 14.0. The third-order valence-electron chi connectivity index (χ3n) is 4.92. The summed E-state index contributed by atoms with van der Waals surface area (Å²) in [4.78, 5) is 31.8. The number of carbonyl (C=O) groups excluding carboxylic acids is 1. The Hall–Kier alpha value is -2.81. The van der Waals surface area contributed by atoms with Crippen LogP contribution < -0.4 is 15.9 Å². The molecular formula is C20H24N6O2S. The van der Waals surface area contributed by atoms with Crippen LogP contribution in [0, 0.1) is 0 Å². The van der Waals surface area contributed by atoms with E-state index < -0.39 is 0 Å². The van der Waals surface area contributed by atoms with Gasteiger partial charge in [0.05, 0.1) is 0 Å². The van der Waals surface area contributed by atoms with Crippen LogP contribution in [-0.2, 0) is 11.3 Å². The summed E-state index contributed by atoms with van der Waals surface area (Å²) in [6, 6.07) is 7.73. The van der Waals surface area contributed by atoms with Crippen molar-refractivity contribution in [2.24, 2.45) is 0 Å². The number of benzene rings is 1. The first-order valence-corrected chi connectivity index (χ1v) is 10.8. The van der Waals surface area contributed by atoms with E-state index in [9.17, 15) is 9.59 Å². The molecule has 0 bridgehead atoms. The number of amides is 1. The molecule has 1 amide bonds. The molecule has 0 unspecified atom stereocenters. The second-order valence-electron chi connectivity index (χ2n) is 7.31. The number of thioether (sulfide) groups is 1. The highest BCUT2D eigenvalue weighted by Gasteiger charge is 2.20. The summed E-state index contributed by atoms with van der Waals surface area (Å²) in [5, 5.41) is 7.27. The zero-order chi connectivity index (χ0) is 20.4. The third kappa shape index (κ3) is 4.14. The number of hydrogen-bond donors (Lipinski definition) is 1.